The van der Waals surface area contributed by atoms with Crippen LogP contribution in [0.1, 0.15) is 30.1 Å². The van der Waals surface area contributed by atoms with Gasteiger partial charge in [0.15, 0.2) is 0 Å². The molecule has 164 valence electrons. The van der Waals surface area contributed by atoms with Crippen LogP contribution in [0.2, 0.25) is 0 Å². The van der Waals surface area contributed by atoms with Gasteiger partial charge in [0.25, 0.3) is 0 Å². The number of aromatic nitrogens is 5. The summed E-state index contributed by atoms with van der Waals surface area (Å²) < 4.78 is 3.63. The number of hydrogen-bond donors (Lipinski definition) is 1. The van der Waals surface area contributed by atoms with Crippen molar-refractivity contribution >= 4 is 17.3 Å². The molecule has 1 aliphatic heterocycles. The molecule has 3 heterocycles. The van der Waals surface area contributed by atoms with Crippen LogP contribution < -0.4 is 10.6 Å². The molecule has 1 aliphatic rings. The zero-order valence-corrected chi connectivity index (χ0v) is 18.3. The number of primary amides is 1. The molecule has 2 aromatic heterocycles. The second-order valence-corrected chi connectivity index (χ2v) is 8.21. The van der Waals surface area contributed by atoms with Crippen LogP contribution in [0.4, 0.5) is 11.4 Å². The molecule has 0 radical (unpaired) electrons. The van der Waals surface area contributed by atoms with E-state index in [-0.39, 0.29) is 12.5 Å². The lowest BCUT2D eigenvalue weighted by Crippen LogP contribution is -2.22. The Morgan fingerprint density at radius 1 is 1.15 bits per heavy atom. The van der Waals surface area contributed by atoms with Crippen molar-refractivity contribution < 1.29 is 4.79 Å². The predicted molar refractivity (Wildman–Crippen MR) is 123 cm³/mol. The van der Waals surface area contributed by atoms with Gasteiger partial charge in [0.2, 0.25) is 5.91 Å². The molecule has 0 spiro atoms. The van der Waals surface area contributed by atoms with Crippen LogP contribution in [-0.4, -0.2) is 37.0 Å². The number of aryl methyl sites for hydroxylation is 1. The van der Waals surface area contributed by atoms with Crippen LogP contribution >= 0.6 is 0 Å². The van der Waals surface area contributed by atoms with Gasteiger partial charge in [0.1, 0.15) is 18.2 Å². The highest BCUT2D eigenvalue weighted by Gasteiger charge is 2.28. The van der Waals surface area contributed by atoms with Crippen LogP contribution in [0.3, 0.4) is 0 Å². The van der Waals surface area contributed by atoms with E-state index in [2.05, 4.69) is 49.9 Å². The van der Waals surface area contributed by atoms with E-state index in [1.807, 2.05) is 43.5 Å². The van der Waals surface area contributed by atoms with Crippen LogP contribution in [-0.2, 0) is 11.3 Å². The van der Waals surface area contributed by atoms with Gasteiger partial charge in [-0.3, -0.25) is 14.0 Å². The van der Waals surface area contributed by atoms with Gasteiger partial charge in [0, 0.05) is 29.9 Å². The van der Waals surface area contributed by atoms with Crippen molar-refractivity contribution in [2.24, 2.45) is 5.73 Å². The Hall–Kier alpha value is -4.45. The smallest absolute Gasteiger partial charge is 0.239 e. The summed E-state index contributed by atoms with van der Waals surface area (Å²) in [6.45, 7) is 4.81. The van der Waals surface area contributed by atoms with Gasteiger partial charge in [0.05, 0.1) is 29.2 Å². The summed E-state index contributed by atoms with van der Waals surface area (Å²) in [7, 11) is 0. The molecule has 5 rings (SSSR count). The van der Waals surface area contributed by atoms with Gasteiger partial charge >= 0.3 is 0 Å². The quantitative estimate of drug-likeness (QED) is 0.523. The van der Waals surface area contributed by atoms with Crippen molar-refractivity contribution in [1.82, 2.24) is 24.5 Å². The number of nitrogens with zero attached hydrogens (tertiary/aromatic N) is 7. The zero-order valence-electron chi connectivity index (χ0n) is 18.3. The maximum Gasteiger partial charge on any atom is 0.239 e. The minimum absolute atomic E-state index is 0.0308. The lowest BCUT2D eigenvalue weighted by molar-refractivity contribution is -0.118. The summed E-state index contributed by atoms with van der Waals surface area (Å²) in [6.07, 6.45) is 3.54. The number of benzene rings is 2. The van der Waals surface area contributed by atoms with Gasteiger partial charge in [-0.05, 0) is 48.9 Å². The molecule has 1 unspecified atom stereocenters. The molecule has 2 N–H and O–H groups in total. The number of fused-ring (bicyclic) bond motifs is 3. The van der Waals surface area contributed by atoms with Crippen molar-refractivity contribution in [2.45, 2.75) is 26.3 Å². The molecule has 33 heavy (non-hydrogen) atoms. The first-order valence-corrected chi connectivity index (χ1v) is 10.6. The van der Waals surface area contributed by atoms with Crippen LogP contribution in [0.25, 0.3) is 16.8 Å². The average molecular weight is 438 g/mol. The summed E-state index contributed by atoms with van der Waals surface area (Å²) >= 11 is 0. The fraction of sp³-hybridized carbons (Fsp3) is 0.208. The minimum Gasteiger partial charge on any atom is -0.368 e. The van der Waals surface area contributed by atoms with Gasteiger partial charge in [-0.1, -0.05) is 13.0 Å². The summed E-state index contributed by atoms with van der Waals surface area (Å²) in [5, 5.41) is 22.2. The first-order valence-electron chi connectivity index (χ1n) is 10.6. The Morgan fingerprint density at radius 3 is 2.67 bits per heavy atom. The highest BCUT2D eigenvalue weighted by molar-refractivity contribution is 5.79. The largest absolute Gasteiger partial charge is 0.368 e. The molecule has 0 bridgehead atoms. The topological polar surface area (TPSA) is 119 Å². The van der Waals surface area contributed by atoms with E-state index in [9.17, 15) is 10.1 Å². The maximum absolute atomic E-state index is 11.3. The predicted octanol–water partition coefficient (Wildman–Crippen LogP) is 3.05. The maximum atomic E-state index is 11.3. The number of nitrogens with two attached hydrogens (primary N) is 1. The van der Waals surface area contributed by atoms with Gasteiger partial charge in [-0.2, -0.15) is 10.4 Å². The van der Waals surface area contributed by atoms with E-state index in [1.54, 1.807) is 6.20 Å². The van der Waals surface area contributed by atoms with E-state index in [1.165, 1.54) is 4.68 Å². The van der Waals surface area contributed by atoms with Crippen molar-refractivity contribution in [2.75, 3.05) is 11.4 Å². The number of hydrogen-bond acceptors (Lipinski definition) is 6. The van der Waals surface area contributed by atoms with Gasteiger partial charge in [-0.15, -0.1) is 10.2 Å². The third kappa shape index (κ3) is 3.61. The summed E-state index contributed by atoms with van der Waals surface area (Å²) in [5.41, 5.74) is 10.7. The fourth-order valence-corrected chi connectivity index (χ4v) is 4.28. The number of carbonyl (C=O) groups is 1. The zero-order chi connectivity index (χ0) is 23.1. The van der Waals surface area contributed by atoms with Gasteiger partial charge < -0.3 is 10.6 Å². The molecule has 0 saturated carbocycles. The molecule has 1 atom stereocenters. The van der Waals surface area contributed by atoms with Crippen LogP contribution in [0.5, 0.6) is 0 Å². The van der Waals surface area contributed by atoms with Gasteiger partial charge in [-0.25, -0.2) is 0 Å². The van der Waals surface area contributed by atoms with E-state index < -0.39 is 5.91 Å². The summed E-state index contributed by atoms with van der Waals surface area (Å²) in [6, 6.07) is 16.0. The van der Waals surface area contributed by atoms with Crippen molar-refractivity contribution in [3.8, 4) is 22.9 Å². The third-order valence-electron chi connectivity index (χ3n) is 5.85. The minimum atomic E-state index is -0.442. The number of rotatable bonds is 4. The van der Waals surface area contributed by atoms with E-state index in [0.29, 0.717) is 12.1 Å². The molecule has 0 saturated heterocycles. The Balaban J connectivity index is 1.67. The average Bonchev–Trinajstić information content (AvgIpc) is 3.40. The van der Waals surface area contributed by atoms with E-state index >= 15 is 0 Å². The fourth-order valence-electron chi connectivity index (χ4n) is 4.28. The lowest BCUT2D eigenvalue weighted by Gasteiger charge is -2.27. The molecular formula is C24H22N8O. The first kappa shape index (κ1) is 20.5. The second-order valence-electron chi connectivity index (χ2n) is 8.21. The second kappa shape index (κ2) is 7.91. The number of carbonyl (C=O) groups excluding carboxylic acids is 1. The standard InChI is InChI=1S/C24H22N8O/c1-15-12-31(20-6-3-17(10-25)4-7-20)22-9-18(19-11-27-30(13-19)14-23(26)33)5-8-21(22)32-16(2)28-29-24(15)32/h3-9,11,13,15H,12,14H2,1-2H3,(H2,26,33). The molecule has 1 amide bonds. The Kier molecular flexibility index (Phi) is 4.90. The Labute approximate surface area is 190 Å². The molecular weight excluding hydrogens is 416 g/mol. The monoisotopic (exact) mass is 438 g/mol. The molecule has 9 nitrogen and oxygen atoms in total. The Morgan fingerprint density at radius 2 is 1.94 bits per heavy atom. The molecule has 0 aliphatic carbocycles. The lowest BCUT2D eigenvalue weighted by atomic mass is 10.1. The van der Waals surface area contributed by atoms with E-state index in [4.69, 9.17) is 5.73 Å². The van der Waals surface area contributed by atoms with Crippen LogP contribution in [0, 0.1) is 18.3 Å². The summed E-state index contributed by atoms with van der Waals surface area (Å²) in [5.74, 6) is 1.41. The molecule has 0 fully saturated rings. The molecule has 2 aromatic carbocycles. The van der Waals surface area contributed by atoms with Crippen molar-refractivity contribution in [3.05, 3.63) is 72.1 Å². The first-order chi connectivity index (χ1) is 15.9. The third-order valence-corrected chi connectivity index (χ3v) is 5.85. The molecule has 9 heteroatoms. The number of anilines is 2. The van der Waals surface area contributed by atoms with Crippen molar-refractivity contribution in [3.63, 3.8) is 0 Å². The van der Waals surface area contributed by atoms with E-state index in [0.717, 1.165) is 39.8 Å². The number of nitriles is 1. The SMILES string of the molecule is Cc1nnc2n1-c1ccc(-c3cnn(CC(N)=O)c3)cc1N(c1ccc(C#N)cc1)CC2C. The normalized spacial score (nSPS) is 14.8. The number of amides is 1. The summed E-state index contributed by atoms with van der Waals surface area (Å²) in [4.78, 5) is 13.5. The van der Waals surface area contributed by atoms with Crippen LogP contribution in [0.15, 0.2) is 54.9 Å². The van der Waals surface area contributed by atoms with Crippen molar-refractivity contribution in [1.29, 1.82) is 5.26 Å². The Bertz CT molecular complexity index is 1390. The highest BCUT2D eigenvalue weighted by atomic mass is 16.1. The molecule has 4 aromatic rings. The highest BCUT2D eigenvalue weighted by Crippen LogP contribution is 2.40.